The Bertz CT molecular complexity index is 160. The Hall–Kier alpha value is -0.580. The summed E-state index contributed by atoms with van der Waals surface area (Å²) < 4.78 is 25.2. The molecule has 0 N–H and O–H groups in total. The van der Waals surface area contributed by atoms with Crippen LogP contribution in [0.2, 0.25) is 0 Å². The van der Waals surface area contributed by atoms with E-state index in [-0.39, 0.29) is 6.42 Å². The Balaban J connectivity index is 3.79. The van der Waals surface area contributed by atoms with Crippen LogP contribution in [-0.2, 0) is 0 Å². The first-order valence-corrected chi connectivity index (χ1v) is 3.79. The van der Waals surface area contributed by atoms with Crippen LogP contribution in [0, 0.1) is 17.8 Å². The molecule has 64 valence electrons. The molecule has 0 aromatic heterocycles. The topological polar surface area (TPSA) is 0 Å². The minimum atomic E-state index is -2.78. The SMILES string of the molecule is CC#CC(F)(F)CCC(C)C. The maximum atomic E-state index is 12.6. The molecule has 0 fully saturated rings. The van der Waals surface area contributed by atoms with E-state index in [0.717, 1.165) is 0 Å². The van der Waals surface area contributed by atoms with E-state index in [9.17, 15) is 8.78 Å². The molecule has 0 saturated carbocycles. The minimum Gasteiger partial charge on any atom is -0.192 e. The van der Waals surface area contributed by atoms with Gasteiger partial charge in [0.1, 0.15) is 0 Å². The summed E-state index contributed by atoms with van der Waals surface area (Å²) in [5.74, 6) is 1.67. The van der Waals surface area contributed by atoms with Crippen molar-refractivity contribution in [2.75, 3.05) is 0 Å². The van der Waals surface area contributed by atoms with E-state index in [1.807, 2.05) is 19.8 Å². The molecule has 0 atom stereocenters. The van der Waals surface area contributed by atoms with Crippen molar-refractivity contribution in [2.24, 2.45) is 5.92 Å². The van der Waals surface area contributed by atoms with Crippen LogP contribution >= 0.6 is 0 Å². The normalized spacial score (nSPS) is 11.1. The average Bonchev–Trinajstić information content (AvgIpc) is 1.84. The number of hydrogen-bond acceptors (Lipinski definition) is 0. The summed E-state index contributed by atoms with van der Waals surface area (Å²) in [6.45, 7) is 5.29. The molecule has 0 bridgehead atoms. The second-order valence-corrected chi connectivity index (χ2v) is 3.01. The second kappa shape index (κ2) is 4.33. The van der Waals surface area contributed by atoms with Gasteiger partial charge in [-0.2, -0.15) is 8.78 Å². The van der Waals surface area contributed by atoms with Crippen molar-refractivity contribution in [3.8, 4) is 11.8 Å². The van der Waals surface area contributed by atoms with Gasteiger partial charge in [0.25, 0.3) is 0 Å². The summed E-state index contributed by atoms with van der Waals surface area (Å²) >= 11 is 0. The molecule has 0 aromatic carbocycles. The van der Waals surface area contributed by atoms with Crippen molar-refractivity contribution >= 4 is 0 Å². The van der Waals surface area contributed by atoms with Crippen molar-refractivity contribution < 1.29 is 8.78 Å². The third-order valence-electron chi connectivity index (χ3n) is 1.34. The van der Waals surface area contributed by atoms with E-state index >= 15 is 0 Å². The van der Waals surface area contributed by atoms with Crippen LogP contribution in [0.1, 0.15) is 33.6 Å². The fraction of sp³-hybridized carbons (Fsp3) is 0.778. The van der Waals surface area contributed by atoms with Crippen LogP contribution in [0.4, 0.5) is 8.78 Å². The predicted octanol–water partition coefficient (Wildman–Crippen LogP) is 3.08. The molecular weight excluding hydrogens is 146 g/mol. The quantitative estimate of drug-likeness (QED) is 0.556. The lowest BCUT2D eigenvalue weighted by molar-refractivity contribution is 0.0507. The van der Waals surface area contributed by atoms with Gasteiger partial charge in [-0.25, -0.2) is 0 Å². The van der Waals surface area contributed by atoms with Crippen LogP contribution < -0.4 is 0 Å². The summed E-state index contributed by atoms with van der Waals surface area (Å²) in [7, 11) is 0. The molecule has 0 unspecified atom stereocenters. The number of halogens is 2. The largest absolute Gasteiger partial charge is 0.308 e. The van der Waals surface area contributed by atoms with Crippen molar-refractivity contribution in [1.82, 2.24) is 0 Å². The van der Waals surface area contributed by atoms with Gasteiger partial charge in [-0.1, -0.05) is 13.8 Å². The van der Waals surface area contributed by atoms with E-state index < -0.39 is 5.92 Å². The van der Waals surface area contributed by atoms with Gasteiger partial charge < -0.3 is 0 Å². The fourth-order valence-corrected chi connectivity index (χ4v) is 0.715. The fourth-order valence-electron chi connectivity index (χ4n) is 0.715. The zero-order valence-corrected chi connectivity index (χ0v) is 7.25. The molecule has 0 aliphatic carbocycles. The Labute approximate surface area is 67.0 Å². The van der Waals surface area contributed by atoms with Gasteiger partial charge in [0.15, 0.2) is 0 Å². The molecule has 0 rings (SSSR count). The summed E-state index contributed by atoms with van der Waals surface area (Å²) in [6, 6.07) is 0. The van der Waals surface area contributed by atoms with Gasteiger partial charge in [0.2, 0.25) is 0 Å². The first-order chi connectivity index (χ1) is 4.98. The molecule has 0 heterocycles. The Kier molecular flexibility index (Phi) is 4.10. The molecule has 0 amide bonds. The first kappa shape index (κ1) is 10.4. The third kappa shape index (κ3) is 5.84. The molecular formula is C9H14F2. The van der Waals surface area contributed by atoms with Gasteiger partial charge >= 0.3 is 5.92 Å². The lowest BCUT2D eigenvalue weighted by atomic mass is 10.0. The Morgan fingerprint density at radius 3 is 2.27 bits per heavy atom. The van der Waals surface area contributed by atoms with Crippen LogP contribution in [0.5, 0.6) is 0 Å². The minimum absolute atomic E-state index is 0.120. The summed E-state index contributed by atoms with van der Waals surface area (Å²) in [6.07, 6.45) is 0.410. The molecule has 0 radical (unpaired) electrons. The highest BCUT2D eigenvalue weighted by atomic mass is 19.3. The Morgan fingerprint density at radius 1 is 1.36 bits per heavy atom. The van der Waals surface area contributed by atoms with Crippen LogP contribution in [-0.4, -0.2) is 5.92 Å². The van der Waals surface area contributed by atoms with Crippen molar-refractivity contribution in [3.63, 3.8) is 0 Å². The molecule has 2 heteroatoms. The molecule has 0 aliphatic heterocycles. The molecule has 0 saturated heterocycles. The summed E-state index contributed by atoms with van der Waals surface area (Å²) in [5, 5.41) is 0. The first-order valence-electron chi connectivity index (χ1n) is 3.79. The highest BCUT2D eigenvalue weighted by Gasteiger charge is 2.24. The maximum absolute atomic E-state index is 12.6. The van der Waals surface area contributed by atoms with Crippen LogP contribution in [0.15, 0.2) is 0 Å². The molecule has 0 nitrogen and oxygen atoms in total. The molecule has 11 heavy (non-hydrogen) atoms. The number of rotatable bonds is 3. The molecule has 0 aliphatic rings. The smallest absolute Gasteiger partial charge is 0.192 e. The number of alkyl halides is 2. The standard InChI is InChI=1S/C9H14F2/c1-4-6-9(10,11)7-5-8(2)3/h8H,5,7H2,1-3H3. The third-order valence-corrected chi connectivity index (χ3v) is 1.34. The van der Waals surface area contributed by atoms with Crippen LogP contribution in [0.3, 0.4) is 0 Å². The second-order valence-electron chi connectivity index (χ2n) is 3.01. The Morgan fingerprint density at radius 2 is 1.91 bits per heavy atom. The van der Waals surface area contributed by atoms with Crippen LogP contribution in [0.25, 0.3) is 0 Å². The van der Waals surface area contributed by atoms with E-state index in [1.54, 1.807) is 0 Å². The van der Waals surface area contributed by atoms with E-state index in [1.165, 1.54) is 6.92 Å². The van der Waals surface area contributed by atoms with Crippen molar-refractivity contribution in [2.45, 2.75) is 39.5 Å². The van der Waals surface area contributed by atoms with E-state index in [2.05, 4.69) is 5.92 Å². The van der Waals surface area contributed by atoms with Crippen molar-refractivity contribution in [1.29, 1.82) is 0 Å². The van der Waals surface area contributed by atoms with E-state index in [0.29, 0.717) is 12.3 Å². The highest BCUT2D eigenvalue weighted by Crippen LogP contribution is 2.21. The zero-order chi connectivity index (χ0) is 8.91. The van der Waals surface area contributed by atoms with Gasteiger partial charge in [0.05, 0.1) is 0 Å². The monoisotopic (exact) mass is 160 g/mol. The lowest BCUT2D eigenvalue weighted by Crippen LogP contribution is -2.13. The van der Waals surface area contributed by atoms with Gasteiger partial charge in [-0.05, 0) is 25.2 Å². The summed E-state index contributed by atoms with van der Waals surface area (Å²) in [4.78, 5) is 0. The van der Waals surface area contributed by atoms with Gasteiger partial charge in [-0.15, -0.1) is 5.92 Å². The maximum Gasteiger partial charge on any atom is 0.308 e. The van der Waals surface area contributed by atoms with E-state index in [4.69, 9.17) is 0 Å². The average molecular weight is 160 g/mol. The highest BCUT2D eigenvalue weighted by molar-refractivity contribution is 5.06. The number of hydrogen-bond donors (Lipinski definition) is 0. The predicted molar refractivity (Wildman–Crippen MR) is 42.5 cm³/mol. The van der Waals surface area contributed by atoms with Gasteiger partial charge in [-0.3, -0.25) is 0 Å². The molecule has 0 aromatic rings. The lowest BCUT2D eigenvalue weighted by Gasteiger charge is -2.10. The molecule has 0 spiro atoms. The van der Waals surface area contributed by atoms with Crippen molar-refractivity contribution in [3.05, 3.63) is 0 Å². The van der Waals surface area contributed by atoms with Gasteiger partial charge in [0, 0.05) is 6.42 Å². The summed E-state index contributed by atoms with van der Waals surface area (Å²) in [5.41, 5.74) is 0. The zero-order valence-electron chi connectivity index (χ0n) is 7.25.